The van der Waals surface area contributed by atoms with Crippen molar-refractivity contribution in [2.45, 2.75) is 19.4 Å². The van der Waals surface area contributed by atoms with Crippen molar-refractivity contribution in [1.29, 1.82) is 0 Å². The number of hydrogen-bond acceptors (Lipinski definition) is 2. The molecule has 0 spiro atoms. The molecule has 3 N–H and O–H groups in total. The van der Waals surface area contributed by atoms with E-state index in [1.54, 1.807) is 0 Å². The zero-order valence-corrected chi connectivity index (χ0v) is 7.48. The van der Waals surface area contributed by atoms with Crippen LogP contribution in [0.25, 0.3) is 0 Å². The zero-order chi connectivity index (χ0) is 7.56. The number of hydrogen-bond donors (Lipinski definition) is 2. The van der Waals surface area contributed by atoms with Crippen LogP contribution in [0.4, 0.5) is 0 Å². The summed E-state index contributed by atoms with van der Waals surface area (Å²) in [6, 6.07) is 0.305. The Bertz CT molecular complexity index is 184. The van der Waals surface area contributed by atoms with Crippen LogP contribution in [0.1, 0.15) is 13.3 Å². The fraction of sp³-hybridized carbons (Fsp3) is 0.429. The number of dihydropyridines is 1. The Morgan fingerprint density at radius 2 is 2.40 bits per heavy atom. The lowest BCUT2D eigenvalue weighted by atomic mass is 10.1. The summed E-state index contributed by atoms with van der Waals surface area (Å²) in [5.74, 6) is 0. The van der Waals surface area contributed by atoms with E-state index in [-0.39, 0.29) is 0 Å². The van der Waals surface area contributed by atoms with E-state index >= 15 is 0 Å². The summed E-state index contributed by atoms with van der Waals surface area (Å²) in [7, 11) is 0. The van der Waals surface area contributed by atoms with Crippen LogP contribution in [0.2, 0.25) is 0 Å². The molecule has 0 aromatic carbocycles. The van der Waals surface area contributed by atoms with Crippen molar-refractivity contribution in [1.82, 2.24) is 5.32 Å². The van der Waals surface area contributed by atoms with E-state index in [9.17, 15) is 0 Å². The van der Waals surface area contributed by atoms with E-state index in [0.717, 1.165) is 16.7 Å². The Hall–Kier alpha value is -0.440. The van der Waals surface area contributed by atoms with Gasteiger partial charge in [-0.25, -0.2) is 0 Å². The van der Waals surface area contributed by atoms with E-state index in [0.29, 0.717) is 6.04 Å². The zero-order valence-electron chi connectivity index (χ0n) is 5.89. The van der Waals surface area contributed by atoms with Crippen molar-refractivity contribution in [2.24, 2.45) is 5.73 Å². The summed E-state index contributed by atoms with van der Waals surface area (Å²) in [5.41, 5.74) is 6.59. The second-order valence-electron chi connectivity index (χ2n) is 2.29. The van der Waals surface area contributed by atoms with Crippen LogP contribution in [0.5, 0.6) is 0 Å². The second-order valence-corrected chi connectivity index (χ2v) is 3.14. The van der Waals surface area contributed by atoms with E-state index in [1.807, 2.05) is 12.2 Å². The van der Waals surface area contributed by atoms with Crippen LogP contribution in [0, 0.1) is 0 Å². The van der Waals surface area contributed by atoms with Gasteiger partial charge in [-0.2, -0.15) is 0 Å². The highest BCUT2D eigenvalue weighted by Gasteiger charge is 2.11. The number of rotatable bonds is 1. The standard InChI is InChI=1S/C7H11BrN2/c1-2-6-5(9)3-4-7(8)10-6/h3-4,6,10H,2,9H2,1H3. The van der Waals surface area contributed by atoms with Crippen LogP contribution in [0.15, 0.2) is 22.5 Å². The minimum Gasteiger partial charge on any atom is -0.400 e. The third-order valence-electron chi connectivity index (χ3n) is 1.54. The van der Waals surface area contributed by atoms with E-state index < -0.39 is 0 Å². The molecule has 0 bridgehead atoms. The molecule has 1 aliphatic rings. The molecule has 0 aromatic rings. The van der Waals surface area contributed by atoms with Crippen molar-refractivity contribution >= 4 is 15.9 Å². The summed E-state index contributed by atoms with van der Waals surface area (Å²) < 4.78 is 1.01. The van der Waals surface area contributed by atoms with Gasteiger partial charge < -0.3 is 11.1 Å². The van der Waals surface area contributed by atoms with E-state index in [1.165, 1.54) is 0 Å². The first-order valence-corrected chi connectivity index (χ1v) is 4.12. The first-order valence-electron chi connectivity index (χ1n) is 3.33. The Balaban J connectivity index is 2.68. The molecule has 1 atom stereocenters. The van der Waals surface area contributed by atoms with Crippen molar-refractivity contribution in [3.05, 3.63) is 22.5 Å². The van der Waals surface area contributed by atoms with Gasteiger partial charge in [0.15, 0.2) is 0 Å². The normalized spacial score (nSPS) is 24.8. The highest BCUT2D eigenvalue weighted by molar-refractivity contribution is 9.11. The van der Waals surface area contributed by atoms with Gasteiger partial charge in [-0.1, -0.05) is 6.92 Å². The van der Waals surface area contributed by atoms with Crippen molar-refractivity contribution < 1.29 is 0 Å². The van der Waals surface area contributed by atoms with Gasteiger partial charge in [-0.15, -0.1) is 0 Å². The number of nitrogens with one attached hydrogen (secondary N) is 1. The first-order chi connectivity index (χ1) is 4.74. The second kappa shape index (κ2) is 3.10. The lowest BCUT2D eigenvalue weighted by Gasteiger charge is -2.20. The number of nitrogens with two attached hydrogens (primary N) is 1. The fourth-order valence-corrected chi connectivity index (χ4v) is 1.33. The van der Waals surface area contributed by atoms with Gasteiger partial charge in [0.2, 0.25) is 0 Å². The number of allylic oxidation sites excluding steroid dienone is 2. The molecule has 1 aliphatic heterocycles. The minimum atomic E-state index is 0.305. The average molecular weight is 203 g/mol. The molecule has 3 heteroatoms. The summed E-state index contributed by atoms with van der Waals surface area (Å²) in [6.45, 7) is 2.10. The monoisotopic (exact) mass is 202 g/mol. The molecule has 0 aliphatic carbocycles. The molecule has 1 rings (SSSR count). The quantitative estimate of drug-likeness (QED) is 0.633. The maximum Gasteiger partial charge on any atom is 0.0785 e. The molecule has 0 fully saturated rings. The lowest BCUT2D eigenvalue weighted by molar-refractivity contribution is 0.625. The Morgan fingerprint density at radius 1 is 1.70 bits per heavy atom. The highest BCUT2D eigenvalue weighted by atomic mass is 79.9. The summed E-state index contributed by atoms with van der Waals surface area (Å²) in [4.78, 5) is 0. The fourth-order valence-electron chi connectivity index (χ4n) is 0.921. The molecule has 56 valence electrons. The maximum absolute atomic E-state index is 5.68. The average Bonchev–Trinajstić information content (AvgIpc) is 1.94. The molecule has 0 amide bonds. The van der Waals surface area contributed by atoms with Crippen LogP contribution < -0.4 is 11.1 Å². The Labute approximate surface area is 69.3 Å². The SMILES string of the molecule is CCC1NC(Br)=CC=C1N. The summed E-state index contributed by atoms with van der Waals surface area (Å²) >= 11 is 3.35. The van der Waals surface area contributed by atoms with Crippen LogP contribution in [-0.4, -0.2) is 6.04 Å². The van der Waals surface area contributed by atoms with Crippen molar-refractivity contribution in [2.75, 3.05) is 0 Å². The maximum atomic E-state index is 5.68. The number of halogens is 1. The molecule has 1 unspecified atom stereocenters. The third-order valence-corrected chi connectivity index (χ3v) is 2.04. The van der Waals surface area contributed by atoms with Gasteiger partial charge in [0.25, 0.3) is 0 Å². The molecule has 0 radical (unpaired) electrons. The van der Waals surface area contributed by atoms with Gasteiger partial charge in [-0.3, -0.25) is 0 Å². The molecule has 2 nitrogen and oxygen atoms in total. The van der Waals surface area contributed by atoms with Gasteiger partial charge in [0.1, 0.15) is 0 Å². The highest BCUT2D eigenvalue weighted by Crippen LogP contribution is 2.12. The predicted octanol–water partition coefficient (Wildman–Crippen LogP) is 1.45. The first kappa shape index (κ1) is 7.66. The molecule has 1 heterocycles. The summed E-state index contributed by atoms with van der Waals surface area (Å²) in [5, 5.41) is 3.20. The lowest BCUT2D eigenvalue weighted by Crippen LogP contribution is -2.33. The largest absolute Gasteiger partial charge is 0.400 e. The van der Waals surface area contributed by atoms with Crippen LogP contribution >= 0.6 is 15.9 Å². The topological polar surface area (TPSA) is 38.0 Å². The van der Waals surface area contributed by atoms with Crippen molar-refractivity contribution in [3.63, 3.8) is 0 Å². The van der Waals surface area contributed by atoms with Gasteiger partial charge in [0.05, 0.1) is 10.6 Å². The van der Waals surface area contributed by atoms with Crippen LogP contribution in [-0.2, 0) is 0 Å². The Morgan fingerprint density at radius 3 is 2.90 bits per heavy atom. The van der Waals surface area contributed by atoms with Gasteiger partial charge in [-0.05, 0) is 34.5 Å². The molecule has 0 saturated carbocycles. The van der Waals surface area contributed by atoms with Gasteiger partial charge in [0, 0.05) is 5.70 Å². The molecule has 0 aromatic heterocycles. The third kappa shape index (κ3) is 1.53. The van der Waals surface area contributed by atoms with Crippen molar-refractivity contribution in [3.8, 4) is 0 Å². The predicted molar refractivity (Wildman–Crippen MR) is 46.5 cm³/mol. The molecule has 10 heavy (non-hydrogen) atoms. The minimum absolute atomic E-state index is 0.305. The molecule has 0 saturated heterocycles. The smallest absolute Gasteiger partial charge is 0.0785 e. The van der Waals surface area contributed by atoms with E-state index in [2.05, 4.69) is 28.2 Å². The van der Waals surface area contributed by atoms with Gasteiger partial charge >= 0.3 is 0 Å². The summed E-state index contributed by atoms with van der Waals surface area (Å²) in [6.07, 6.45) is 4.86. The van der Waals surface area contributed by atoms with Crippen LogP contribution in [0.3, 0.4) is 0 Å². The Kier molecular flexibility index (Phi) is 2.38. The van der Waals surface area contributed by atoms with E-state index in [4.69, 9.17) is 5.73 Å². The molecular weight excluding hydrogens is 192 g/mol. The molecular formula is C7H11BrN2.